The lowest BCUT2D eigenvalue weighted by Gasteiger charge is -2.21. The minimum absolute atomic E-state index is 0.0235. The highest BCUT2D eigenvalue weighted by Crippen LogP contribution is 2.40. The molecule has 8 rings (SSSR count). The van der Waals surface area contributed by atoms with Crippen molar-refractivity contribution in [2.24, 2.45) is 0 Å². The van der Waals surface area contributed by atoms with Crippen LogP contribution in [-0.2, 0) is 10.8 Å². The Morgan fingerprint density at radius 3 is 1.41 bits per heavy atom. The first kappa shape index (κ1) is 32.3. The van der Waals surface area contributed by atoms with Crippen molar-refractivity contribution in [2.45, 2.75) is 52.4 Å². The van der Waals surface area contributed by atoms with Crippen molar-refractivity contribution in [3.8, 4) is 51.1 Å². The van der Waals surface area contributed by atoms with Gasteiger partial charge in [-0.25, -0.2) is 15.0 Å². The summed E-state index contributed by atoms with van der Waals surface area (Å²) in [5.41, 5.74) is 10.6. The lowest BCUT2D eigenvalue weighted by molar-refractivity contribution is 0.591. The summed E-state index contributed by atoms with van der Waals surface area (Å²) in [4.78, 5) is 20.0. The van der Waals surface area contributed by atoms with Crippen LogP contribution in [0.25, 0.3) is 72.9 Å². The third-order valence-electron chi connectivity index (χ3n) is 9.64. The van der Waals surface area contributed by atoms with Crippen LogP contribution in [0.5, 0.6) is 0 Å². The van der Waals surface area contributed by atoms with Crippen molar-refractivity contribution < 1.29 is 0 Å². The Hall–Kier alpha value is -5.94. The third-order valence-corrected chi connectivity index (χ3v) is 9.64. The molecule has 8 aromatic rings. The predicted molar refractivity (Wildman–Crippen MR) is 211 cm³/mol. The number of hydrogen-bond donors (Lipinski definition) is 0. The molecule has 0 aliphatic rings. The summed E-state index contributed by atoms with van der Waals surface area (Å²) < 4.78 is 2.43. The maximum absolute atomic E-state index is 5.09. The van der Waals surface area contributed by atoms with Gasteiger partial charge < -0.3 is 4.57 Å². The molecule has 250 valence electrons. The van der Waals surface area contributed by atoms with Crippen molar-refractivity contribution >= 4 is 21.8 Å². The molecule has 0 radical (unpaired) electrons. The van der Waals surface area contributed by atoms with Crippen molar-refractivity contribution in [3.63, 3.8) is 0 Å². The predicted octanol–water partition coefficient (Wildman–Crippen LogP) is 11.6. The lowest BCUT2D eigenvalue weighted by Crippen LogP contribution is -2.11. The van der Waals surface area contributed by atoms with Crippen molar-refractivity contribution in [1.29, 1.82) is 0 Å². The highest BCUT2D eigenvalue weighted by Gasteiger charge is 2.23. The van der Waals surface area contributed by atoms with Crippen LogP contribution in [0.1, 0.15) is 52.7 Å². The first-order valence-corrected chi connectivity index (χ1v) is 17.6. The number of fused-ring (bicyclic) bond motifs is 3. The average molecular weight is 664 g/mol. The Morgan fingerprint density at radius 2 is 0.941 bits per heavy atom. The van der Waals surface area contributed by atoms with E-state index in [1.54, 1.807) is 0 Å². The summed E-state index contributed by atoms with van der Waals surface area (Å²) in [7, 11) is 0. The lowest BCUT2D eigenvalue weighted by atomic mass is 9.86. The van der Waals surface area contributed by atoms with Gasteiger partial charge >= 0.3 is 0 Å². The maximum Gasteiger partial charge on any atom is 0.164 e. The molecule has 0 unspecified atom stereocenters. The van der Waals surface area contributed by atoms with Gasteiger partial charge in [0.05, 0.1) is 22.4 Å². The number of hydrogen-bond acceptors (Lipinski definition) is 4. The van der Waals surface area contributed by atoms with Gasteiger partial charge in [-0.15, -0.1) is 0 Å². The van der Waals surface area contributed by atoms with E-state index in [2.05, 4.69) is 107 Å². The molecule has 0 amide bonds. The van der Waals surface area contributed by atoms with E-state index in [0.29, 0.717) is 17.5 Å². The fourth-order valence-electron chi connectivity index (χ4n) is 6.74. The monoisotopic (exact) mass is 663 g/mol. The van der Waals surface area contributed by atoms with Gasteiger partial charge in [0.25, 0.3) is 0 Å². The van der Waals surface area contributed by atoms with Gasteiger partial charge in [-0.1, -0.05) is 139 Å². The van der Waals surface area contributed by atoms with E-state index in [-0.39, 0.29) is 10.8 Å². The molecule has 5 aromatic carbocycles. The first-order valence-electron chi connectivity index (χ1n) is 17.6. The van der Waals surface area contributed by atoms with E-state index in [9.17, 15) is 0 Å². The molecular weight excluding hydrogens is 623 g/mol. The first-order chi connectivity index (χ1) is 24.5. The molecule has 0 atom stereocenters. The number of nitrogens with zero attached hydrogens (tertiary/aromatic N) is 5. The zero-order chi connectivity index (χ0) is 35.3. The third kappa shape index (κ3) is 6.10. The zero-order valence-corrected chi connectivity index (χ0v) is 30.0. The molecule has 3 aromatic heterocycles. The van der Waals surface area contributed by atoms with Crippen molar-refractivity contribution in [1.82, 2.24) is 24.5 Å². The van der Waals surface area contributed by atoms with E-state index < -0.39 is 0 Å². The van der Waals surface area contributed by atoms with Gasteiger partial charge in [0.1, 0.15) is 0 Å². The maximum atomic E-state index is 5.09. The van der Waals surface area contributed by atoms with Crippen LogP contribution in [-0.4, -0.2) is 24.5 Å². The Morgan fingerprint density at radius 1 is 0.451 bits per heavy atom. The molecule has 0 bridgehead atoms. The minimum atomic E-state index is -0.0235. The molecule has 0 aliphatic heterocycles. The van der Waals surface area contributed by atoms with Crippen molar-refractivity contribution in [2.75, 3.05) is 0 Å². The second-order valence-corrected chi connectivity index (χ2v) is 15.3. The molecule has 0 fully saturated rings. The standard InChI is InChI=1S/C46H41N5/c1-45(2,3)33-21-24-35-36-25-22-34(46(4,5)6)29-41(36)51(40(35)28-33)39-27-32(20-23-37(39)38-19-13-14-26-47-38)44-49-42(30-15-9-7-10-16-30)48-43(50-44)31-17-11-8-12-18-31/h7-29H,1-6H3. The molecule has 0 spiro atoms. The molecule has 0 N–H and O–H groups in total. The molecule has 0 aliphatic carbocycles. The summed E-state index contributed by atoms with van der Waals surface area (Å²) in [6.07, 6.45) is 1.86. The minimum Gasteiger partial charge on any atom is -0.309 e. The van der Waals surface area contributed by atoms with Crippen LogP contribution in [0.4, 0.5) is 0 Å². The highest BCUT2D eigenvalue weighted by atomic mass is 15.0. The van der Waals surface area contributed by atoms with Crippen LogP contribution < -0.4 is 0 Å². The Bertz CT molecular complexity index is 2390. The number of benzene rings is 5. The number of aromatic nitrogens is 5. The molecular formula is C46H41N5. The van der Waals surface area contributed by atoms with Crippen LogP contribution >= 0.6 is 0 Å². The number of pyridine rings is 1. The second kappa shape index (κ2) is 12.4. The highest BCUT2D eigenvalue weighted by molar-refractivity contribution is 6.10. The normalized spacial score (nSPS) is 12.1. The van der Waals surface area contributed by atoms with E-state index >= 15 is 0 Å². The zero-order valence-electron chi connectivity index (χ0n) is 30.0. The summed E-state index contributed by atoms with van der Waals surface area (Å²) in [6.45, 7) is 13.6. The fraction of sp³-hybridized carbons (Fsp3) is 0.174. The number of rotatable bonds is 5. The van der Waals surface area contributed by atoms with Gasteiger partial charge in [-0.3, -0.25) is 4.98 Å². The van der Waals surface area contributed by atoms with Gasteiger partial charge in [0.2, 0.25) is 0 Å². The fourth-order valence-corrected chi connectivity index (χ4v) is 6.74. The Kier molecular flexibility index (Phi) is 7.87. The molecule has 0 saturated heterocycles. The smallest absolute Gasteiger partial charge is 0.164 e. The van der Waals surface area contributed by atoms with Gasteiger partial charge in [0, 0.05) is 39.2 Å². The quantitative estimate of drug-likeness (QED) is 0.184. The van der Waals surface area contributed by atoms with Gasteiger partial charge in [-0.05, 0) is 58.4 Å². The molecule has 5 nitrogen and oxygen atoms in total. The second-order valence-electron chi connectivity index (χ2n) is 15.3. The van der Waals surface area contributed by atoms with E-state index in [1.807, 2.05) is 79.0 Å². The van der Waals surface area contributed by atoms with Crippen molar-refractivity contribution in [3.05, 3.63) is 151 Å². The molecule has 51 heavy (non-hydrogen) atoms. The topological polar surface area (TPSA) is 56.5 Å². The van der Waals surface area contributed by atoms with E-state index in [4.69, 9.17) is 19.9 Å². The summed E-state index contributed by atoms with van der Waals surface area (Å²) >= 11 is 0. The summed E-state index contributed by atoms with van der Waals surface area (Å²) in [6, 6.07) is 46.7. The van der Waals surface area contributed by atoms with E-state index in [0.717, 1.165) is 44.7 Å². The summed E-state index contributed by atoms with van der Waals surface area (Å²) in [5.74, 6) is 1.88. The average Bonchev–Trinajstić information content (AvgIpc) is 3.48. The van der Waals surface area contributed by atoms with Gasteiger partial charge in [0.15, 0.2) is 17.5 Å². The van der Waals surface area contributed by atoms with Crippen LogP contribution in [0.15, 0.2) is 140 Å². The van der Waals surface area contributed by atoms with E-state index in [1.165, 1.54) is 21.9 Å². The summed E-state index contributed by atoms with van der Waals surface area (Å²) in [5, 5.41) is 2.43. The molecule has 0 saturated carbocycles. The molecule has 5 heteroatoms. The largest absolute Gasteiger partial charge is 0.309 e. The Balaban J connectivity index is 1.46. The molecule has 3 heterocycles. The van der Waals surface area contributed by atoms with Crippen LogP contribution in [0.2, 0.25) is 0 Å². The van der Waals surface area contributed by atoms with Gasteiger partial charge in [-0.2, -0.15) is 0 Å². The Labute approximate surface area is 299 Å². The SMILES string of the molecule is CC(C)(C)c1ccc2c3ccc(C(C)(C)C)cc3n(-c3cc(-c4nc(-c5ccccc5)nc(-c5ccccc5)n4)ccc3-c3ccccn3)c2c1. The van der Waals surface area contributed by atoms with Crippen LogP contribution in [0, 0.1) is 0 Å². The van der Waals surface area contributed by atoms with Crippen LogP contribution in [0.3, 0.4) is 0 Å².